The molecule has 18 heavy (non-hydrogen) atoms. The molecule has 0 aliphatic rings. The molecule has 3 aromatic rings. The summed E-state index contributed by atoms with van der Waals surface area (Å²) in [5.74, 6) is -1.52. The highest BCUT2D eigenvalue weighted by Gasteiger charge is 2.15. The van der Waals surface area contributed by atoms with Gasteiger partial charge in [-0.2, -0.15) is 5.10 Å². The zero-order valence-corrected chi connectivity index (χ0v) is 8.94. The Balaban J connectivity index is 2.58. The third-order valence-corrected chi connectivity index (χ3v) is 2.78. The fourth-order valence-electron chi connectivity index (χ4n) is 1.92. The Bertz CT molecular complexity index is 822. The van der Waals surface area contributed by atoms with E-state index < -0.39 is 23.8 Å². The van der Waals surface area contributed by atoms with E-state index in [2.05, 4.69) is 10.1 Å². The second-order valence-corrected chi connectivity index (χ2v) is 3.80. The van der Waals surface area contributed by atoms with Gasteiger partial charge in [-0.05, 0) is 6.07 Å². The van der Waals surface area contributed by atoms with Crippen molar-refractivity contribution >= 4 is 16.6 Å². The van der Waals surface area contributed by atoms with E-state index in [0.717, 1.165) is 10.7 Å². The van der Waals surface area contributed by atoms with E-state index in [-0.39, 0.29) is 22.1 Å². The Kier molecular flexibility index (Phi) is 2.17. The van der Waals surface area contributed by atoms with Gasteiger partial charge < -0.3 is 10.1 Å². The number of aliphatic hydroxyl groups is 1. The van der Waals surface area contributed by atoms with E-state index in [9.17, 15) is 13.6 Å². The van der Waals surface area contributed by atoms with Gasteiger partial charge >= 0.3 is 0 Å². The number of hydrogen-bond donors (Lipinski definition) is 2. The quantitative estimate of drug-likeness (QED) is 0.676. The molecular weight excluding hydrogens is 244 g/mol. The molecule has 0 saturated carbocycles. The first kappa shape index (κ1) is 10.8. The summed E-state index contributed by atoms with van der Waals surface area (Å²) in [6, 6.07) is 2.81. The van der Waals surface area contributed by atoms with Gasteiger partial charge in [-0.25, -0.2) is 13.3 Å². The lowest BCUT2D eigenvalue weighted by Gasteiger charge is -2.05. The predicted octanol–water partition coefficient (Wildman–Crippen LogP) is 0.946. The molecule has 0 fully saturated rings. The molecular formula is C11H7F2N3O2. The third kappa shape index (κ3) is 1.28. The van der Waals surface area contributed by atoms with E-state index in [1.165, 1.54) is 12.1 Å². The van der Waals surface area contributed by atoms with Gasteiger partial charge in [0.05, 0.1) is 18.3 Å². The molecule has 3 rings (SSSR count). The van der Waals surface area contributed by atoms with Crippen molar-refractivity contribution in [3.63, 3.8) is 0 Å². The summed E-state index contributed by atoms with van der Waals surface area (Å²) >= 11 is 0. The van der Waals surface area contributed by atoms with Crippen molar-refractivity contribution in [2.45, 2.75) is 6.61 Å². The van der Waals surface area contributed by atoms with Crippen molar-refractivity contribution < 1.29 is 13.9 Å². The number of halogens is 2. The number of fused-ring (bicyclic) bond motifs is 3. The van der Waals surface area contributed by atoms with Crippen molar-refractivity contribution in [3.05, 3.63) is 45.9 Å². The van der Waals surface area contributed by atoms with Crippen LogP contribution in [0, 0.1) is 11.6 Å². The van der Waals surface area contributed by atoms with Crippen molar-refractivity contribution in [2.24, 2.45) is 0 Å². The summed E-state index contributed by atoms with van der Waals surface area (Å²) in [6.45, 7) is -0.491. The molecule has 0 aliphatic heterocycles. The topological polar surface area (TPSA) is 70.4 Å². The Hall–Kier alpha value is -2.28. The summed E-state index contributed by atoms with van der Waals surface area (Å²) in [4.78, 5) is 13.9. The first-order valence-electron chi connectivity index (χ1n) is 5.11. The lowest BCUT2D eigenvalue weighted by atomic mass is 10.2. The minimum absolute atomic E-state index is 0.0464. The van der Waals surface area contributed by atoms with E-state index >= 15 is 0 Å². The summed E-state index contributed by atoms with van der Waals surface area (Å²) in [5.41, 5.74) is -0.874. The summed E-state index contributed by atoms with van der Waals surface area (Å²) in [5, 5.41) is 12.6. The molecule has 0 radical (unpaired) electrons. The Morgan fingerprint density at radius 2 is 2.17 bits per heavy atom. The number of aromatic nitrogens is 3. The highest BCUT2D eigenvalue weighted by atomic mass is 19.1. The fourth-order valence-corrected chi connectivity index (χ4v) is 1.92. The summed E-state index contributed by atoms with van der Waals surface area (Å²) in [7, 11) is 0. The van der Waals surface area contributed by atoms with E-state index in [4.69, 9.17) is 5.11 Å². The van der Waals surface area contributed by atoms with E-state index in [0.29, 0.717) is 0 Å². The van der Waals surface area contributed by atoms with Crippen LogP contribution in [-0.2, 0) is 6.61 Å². The number of aromatic amines is 1. The molecule has 0 saturated heterocycles. The van der Waals surface area contributed by atoms with E-state index in [1.807, 2.05) is 0 Å². The molecule has 0 aliphatic carbocycles. The minimum Gasteiger partial charge on any atom is -0.392 e. The van der Waals surface area contributed by atoms with Crippen LogP contribution < -0.4 is 5.56 Å². The standard InChI is InChI=1S/C11H7F2N3O2/c12-6-3-14-16-7-2-1-5(4-17)8(13)9(7)15-11(18)10(6)16/h1-3,17H,4H2,(H,15,18). The summed E-state index contributed by atoms with van der Waals surface area (Å²) < 4.78 is 28.3. The molecule has 92 valence electrons. The average Bonchev–Trinajstić information content (AvgIpc) is 2.74. The van der Waals surface area contributed by atoms with Crippen LogP contribution in [-0.4, -0.2) is 19.7 Å². The third-order valence-electron chi connectivity index (χ3n) is 2.78. The molecule has 0 unspecified atom stereocenters. The van der Waals surface area contributed by atoms with Crippen LogP contribution >= 0.6 is 0 Å². The number of rotatable bonds is 1. The Morgan fingerprint density at radius 1 is 1.39 bits per heavy atom. The van der Waals surface area contributed by atoms with Crippen LogP contribution in [0.25, 0.3) is 16.6 Å². The summed E-state index contributed by atoms with van der Waals surface area (Å²) in [6.07, 6.45) is 0.891. The number of hydrogen-bond acceptors (Lipinski definition) is 3. The average molecular weight is 251 g/mol. The maximum atomic E-state index is 13.9. The second-order valence-electron chi connectivity index (χ2n) is 3.80. The molecule has 5 nitrogen and oxygen atoms in total. The normalized spacial score (nSPS) is 11.5. The Morgan fingerprint density at radius 3 is 2.89 bits per heavy atom. The fraction of sp³-hybridized carbons (Fsp3) is 0.0909. The van der Waals surface area contributed by atoms with Gasteiger partial charge in [-0.3, -0.25) is 4.79 Å². The van der Waals surface area contributed by atoms with Crippen molar-refractivity contribution in [3.8, 4) is 0 Å². The highest BCUT2D eigenvalue weighted by Crippen LogP contribution is 2.19. The van der Waals surface area contributed by atoms with Crippen LogP contribution in [0.5, 0.6) is 0 Å². The lowest BCUT2D eigenvalue weighted by Crippen LogP contribution is -2.13. The maximum Gasteiger partial charge on any atom is 0.277 e. The zero-order chi connectivity index (χ0) is 12.9. The maximum absolute atomic E-state index is 13.9. The highest BCUT2D eigenvalue weighted by molar-refractivity contribution is 5.79. The Labute approximate surface area is 98.3 Å². The lowest BCUT2D eigenvalue weighted by molar-refractivity contribution is 0.276. The minimum atomic E-state index is -0.773. The smallest absolute Gasteiger partial charge is 0.277 e. The molecule has 0 bridgehead atoms. The van der Waals surface area contributed by atoms with Crippen molar-refractivity contribution in [1.29, 1.82) is 0 Å². The molecule has 2 aromatic heterocycles. The first-order valence-corrected chi connectivity index (χ1v) is 5.11. The van der Waals surface area contributed by atoms with E-state index in [1.54, 1.807) is 0 Å². The number of H-pyrrole nitrogens is 1. The second kappa shape index (κ2) is 3.61. The van der Waals surface area contributed by atoms with Crippen LogP contribution in [0.1, 0.15) is 5.56 Å². The van der Waals surface area contributed by atoms with Crippen LogP contribution in [0.4, 0.5) is 8.78 Å². The van der Waals surface area contributed by atoms with Gasteiger partial charge in [-0.15, -0.1) is 0 Å². The van der Waals surface area contributed by atoms with Gasteiger partial charge in [0.1, 0.15) is 5.52 Å². The van der Waals surface area contributed by atoms with Gasteiger partial charge in [0.25, 0.3) is 5.56 Å². The molecule has 2 N–H and O–H groups in total. The van der Waals surface area contributed by atoms with Crippen molar-refractivity contribution in [2.75, 3.05) is 0 Å². The predicted molar refractivity (Wildman–Crippen MR) is 59.2 cm³/mol. The molecule has 0 spiro atoms. The van der Waals surface area contributed by atoms with Gasteiger partial charge in [0, 0.05) is 5.56 Å². The van der Waals surface area contributed by atoms with Crippen LogP contribution in [0.2, 0.25) is 0 Å². The molecule has 7 heteroatoms. The largest absolute Gasteiger partial charge is 0.392 e. The first-order chi connectivity index (χ1) is 8.63. The van der Waals surface area contributed by atoms with Crippen LogP contribution in [0.3, 0.4) is 0 Å². The zero-order valence-electron chi connectivity index (χ0n) is 8.94. The number of nitrogens with one attached hydrogen (secondary N) is 1. The SMILES string of the molecule is O=c1[nH]c2c(F)c(CO)ccc2n2ncc(F)c12. The monoisotopic (exact) mass is 251 g/mol. The number of nitrogens with zero attached hydrogens (tertiary/aromatic N) is 2. The molecule has 2 heterocycles. The molecule has 1 aromatic carbocycles. The van der Waals surface area contributed by atoms with Crippen molar-refractivity contribution in [1.82, 2.24) is 14.6 Å². The van der Waals surface area contributed by atoms with Gasteiger partial charge in [0.15, 0.2) is 17.2 Å². The van der Waals surface area contributed by atoms with Gasteiger partial charge in [0.2, 0.25) is 0 Å². The van der Waals surface area contributed by atoms with Gasteiger partial charge in [-0.1, -0.05) is 6.07 Å². The van der Waals surface area contributed by atoms with Crippen LogP contribution in [0.15, 0.2) is 23.1 Å². The molecule has 0 amide bonds. The number of benzene rings is 1. The number of aliphatic hydroxyl groups excluding tert-OH is 1. The molecule has 0 atom stereocenters.